The monoisotopic (exact) mass is 319 g/mol. The topological polar surface area (TPSA) is 20.3 Å². The Morgan fingerprint density at radius 3 is 1.83 bits per heavy atom. The minimum absolute atomic E-state index is 0.283. The lowest BCUT2D eigenvalue weighted by molar-refractivity contribution is -0.117. The maximum Gasteiger partial charge on any atom is 0.131 e. The molecular formula is C22H25NO. The molecule has 2 nitrogen and oxygen atoms in total. The van der Waals surface area contributed by atoms with Crippen LogP contribution in [0.4, 0.5) is 0 Å². The molecule has 124 valence electrons. The van der Waals surface area contributed by atoms with Crippen LogP contribution in [0.1, 0.15) is 37.3 Å². The summed E-state index contributed by atoms with van der Waals surface area (Å²) in [5, 5.41) is 0. The highest BCUT2D eigenvalue weighted by molar-refractivity contribution is 5.82. The molecule has 2 heteroatoms. The fourth-order valence-electron chi connectivity index (χ4n) is 3.40. The Balaban J connectivity index is 1.84. The van der Waals surface area contributed by atoms with E-state index in [-0.39, 0.29) is 5.78 Å². The normalized spacial score (nSPS) is 15.3. The van der Waals surface area contributed by atoms with Crippen LogP contribution in [0.15, 0.2) is 66.2 Å². The zero-order valence-corrected chi connectivity index (χ0v) is 14.4. The molecule has 1 saturated heterocycles. The number of carbonyl (C=O) groups excluding carboxylic acids is 1. The number of nitrogens with zero attached hydrogens (tertiary/aromatic N) is 1. The molecule has 0 spiro atoms. The highest BCUT2D eigenvalue weighted by Crippen LogP contribution is 2.32. The smallest absolute Gasteiger partial charge is 0.131 e. The molecule has 0 bridgehead atoms. The number of benzene rings is 2. The van der Waals surface area contributed by atoms with Crippen molar-refractivity contribution < 1.29 is 4.79 Å². The van der Waals surface area contributed by atoms with Gasteiger partial charge in [0.05, 0.1) is 0 Å². The third-order valence-corrected chi connectivity index (χ3v) is 4.72. The SMILES string of the molecule is CC(=O)CCN1CCC(=C(c2ccccc2)c2ccccc2)CC1. The third kappa shape index (κ3) is 4.21. The maximum absolute atomic E-state index is 11.2. The van der Waals surface area contributed by atoms with Gasteiger partial charge in [-0.25, -0.2) is 0 Å². The molecule has 1 aliphatic heterocycles. The fourth-order valence-corrected chi connectivity index (χ4v) is 3.40. The van der Waals surface area contributed by atoms with E-state index in [9.17, 15) is 4.79 Å². The van der Waals surface area contributed by atoms with E-state index in [0.29, 0.717) is 6.42 Å². The molecule has 0 saturated carbocycles. The van der Waals surface area contributed by atoms with Gasteiger partial charge in [-0.3, -0.25) is 4.79 Å². The summed E-state index contributed by atoms with van der Waals surface area (Å²) in [5.41, 5.74) is 5.53. The number of hydrogen-bond acceptors (Lipinski definition) is 2. The Labute approximate surface area is 144 Å². The lowest BCUT2D eigenvalue weighted by atomic mass is 9.88. The predicted molar refractivity (Wildman–Crippen MR) is 99.9 cm³/mol. The van der Waals surface area contributed by atoms with Crippen LogP contribution in [0, 0.1) is 0 Å². The molecule has 0 amide bonds. The molecule has 2 aromatic carbocycles. The molecule has 0 aromatic heterocycles. The summed E-state index contributed by atoms with van der Waals surface area (Å²) in [4.78, 5) is 13.6. The first kappa shape index (κ1) is 16.7. The molecule has 2 aromatic rings. The van der Waals surface area contributed by atoms with E-state index in [0.717, 1.165) is 32.5 Å². The Kier molecular flexibility index (Phi) is 5.60. The first-order valence-corrected chi connectivity index (χ1v) is 8.78. The van der Waals surface area contributed by atoms with Gasteiger partial charge in [-0.05, 0) is 36.5 Å². The van der Waals surface area contributed by atoms with Crippen LogP contribution < -0.4 is 0 Å². The van der Waals surface area contributed by atoms with Crippen LogP contribution in [-0.4, -0.2) is 30.3 Å². The Hall–Kier alpha value is -2.19. The molecule has 0 N–H and O–H groups in total. The zero-order valence-electron chi connectivity index (χ0n) is 14.4. The van der Waals surface area contributed by atoms with E-state index in [2.05, 4.69) is 65.6 Å². The number of ketones is 1. The third-order valence-electron chi connectivity index (χ3n) is 4.72. The van der Waals surface area contributed by atoms with E-state index in [1.54, 1.807) is 6.92 Å². The minimum Gasteiger partial charge on any atom is -0.302 e. The molecular weight excluding hydrogens is 294 g/mol. The lowest BCUT2D eigenvalue weighted by Crippen LogP contribution is -2.32. The zero-order chi connectivity index (χ0) is 16.8. The molecule has 1 fully saturated rings. The number of Topliss-reactive ketones (excluding diaryl/α,β-unsaturated/α-hetero) is 1. The van der Waals surface area contributed by atoms with E-state index >= 15 is 0 Å². The van der Waals surface area contributed by atoms with Crippen molar-refractivity contribution in [1.82, 2.24) is 4.90 Å². The quantitative estimate of drug-likeness (QED) is 0.805. The first-order valence-electron chi connectivity index (χ1n) is 8.78. The van der Waals surface area contributed by atoms with Crippen molar-refractivity contribution >= 4 is 11.4 Å². The number of piperidine rings is 1. The summed E-state index contributed by atoms with van der Waals surface area (Å²) in [6, 6.07) is 21.4. The van der Waals surface area contributed by atoms with Crippen LogP contribution in [0.2, 0.25) is 0 Å². The Morgan fingerprint density at radius 2 is 1.38 bits per heavy atom. The molecule has 3 rings (SSSR count). The van der Waals surface area contributed by atoms with E-state index in [1.165, 1.54) is 22.3 Å². The van der Waals surface area contributed by atoms with Crippen molar-refractivity contribution in [1.29, 1.82) is 0 Å². The van der Waals surface area contributed by atoms with Crippen molar-refractivity contribution in [2.24, 2.45) is 0 Å². The summed E-state index contributed by atoms with van der Waals surface area (Å²) >= 11 is 0. The summed E-state index contributed by atoms with van der Waals surface area (Å²) in [5.74, 6) is 0.283. The Bertz CT molecular complexity index is 652. The van der Waals surface area contributed by atoms with Crippen molar-refractivity contribution in [2.45, 2.75) is 26.2 Å². The summed E-state index contributed by atoms with van der Waals surface area (Å²) in [6.45, 7) is 4.67. The number of likely N-dealkylation sites (tertiary alicyclic amines) is 1. The van der Waals surface area contributed by atoms with Crippen LogP contribution in [0.5, 0.6) is 0 Å². The highest BCUT2D eigenvalue weighted by Gasteiger charge is 2.18. The first-order chi connectivity index (χ1) is 11.7. The fraction of sp³-hybridized carbons (Fsp3) is 0.318. The average Bonchev–Trinajstić information content (AvgIpc) is 2.63. The van der Waals surface area contributed by atoms with Gasteiger partial charge in [0.2, 0.25) is 0 Å². The number of carbonyl (C=O) groups is 1. The molecule has 0 atom stereocenters. The Morgan fingerprint density at radius 1 is 0.875 bits per heavy atom. The second-order valence-electron chi connectivity index (χ2n) is 6.50. The van der Waals surface area contributed by atoms with E-state index < -0.39 is 0 Å². The van der Waals surface area contributed by atoms with Gasteiger partial charge in [-0.15, -0.1) is 0 Å². The largest absolute Gasteiger partial charge is 0.302 e. The number of rotatable bonds is 5. The van der Waals surface area contributed by atoms with Crippen LogP contribution in [0.25, 0.3) is 5.57 Å². The van der Waals surface area contributed by atoms with Gasteiger partial charge in [0.15, 0.2) is 0 Å². The van der Waals surface area contributed by atoms with Crippen LogP contribution >= 0.6 is 0 Å². The van der Waals surface area contributed by atoms with Crippen molar-refractivity contribution in [2.75, 3.05) is 19.6 Å². The standard InChI is InChI=1S/C22H25NO/c1-18(24)12-15-23-16-13-21(14-17-23)22(19-8-4-2-5-9-19)20-10-6-3-7-11-20/h2-11H,12-17H2,1H3. The van der Waals surface area contributed by atoms with Crippen molar-refractivity contribution in [3.8, 4) is 0 Å². The molecule has 0 radical (unpaired) electrons. The van der Waals surface area contributed by atoms with Gasteiger partial charge < -0.3 is 4.90 Å². The molecule has 0 aliphatic carbocycles. The molecule has 1 heterocycles. The van der Waals surface area contributed by atoms with Crippen molar-refractivity contribution in [3.05, 3.63) is 77.4 Å². The summed E-state index contributed by atoms with van der Waals surface area (Å²) in [7, 11) is 0. The minimum atomic E-state index is 0.283. The molecule has 24 heavy (non-hydrogen) atoms. The summed E-state index contributed by atoms with van der Waals surface area (Å²) in [6.07, 6.45) is 2.83. The summed E-state index contributed by atoms with van der Waals surface area (Å²) < 4.78 is 0. The van der Waals surface area contributed by atoms with Gasteiger partial charge >= 0.3 is 0 Å². The van der Waals surface area contributed by atoms with Gasteiger partial charge in [-0.2, -0.15) is 0 Å². The molecule has 0 unspecified atom stereocenters. The van der Waals surface area contributed by atoms with Crippen molar-refractivity contribution in [3.63, 3.8) is 0 Å². The molecule has 1 aliphatic rings. The highest BCUT2D eigenvalue weighted by atomic mass is 16.1. The second kappa shape index (κ2) is 8.07. The maximum atomic E-state index is 11.2. The lowest BCUT2D eigenvalue weighted by Gasteiger charge is -2.30. The van der Waals surface area contributed by atoms with E-state index in [4.69, 9.17) is 0 Å². The van der Waals surface area contributed by atoms with E-state index in [1.807, 2.05) is 0 Å². The van der Waals surface area contributed by atoms with Gasteiger partial charge in [0, 0.05) is 26.1 Å². The second-order valence-corrected chi connectivity index (χ2v) is 6.50. The van der Waals surface area contributed by atoms with Gasteiger partial charge in [0.1, 0.15) is 5.78 Å². The van der Waals surface area contributed by atoms with Crippen LogP contribution in [0.3, 0.4) is 0 Å². The van der Waals surface area contributed by atoms with Gasteiger partial charge in [-0.1, -0.05) is 66.2 Å². The van der Waals surface area contributed by atoms with Gasteiger partial charge in [0.25, 0.3) is 0 Å². The van der Waals surface area contributed by atoms with Crippen LogP contribution in [-0.2, 0) is 4.79 Å². The predicted octanol–water partition coefficient (Wildman–Crippen LogP) is 4.56. The average molecular weight is 319 g/mol. The number of hydrogen-bond donors (Lipinski definition) is 0.